The number of unbranched alkanes of at least 4 members (excludes halogenated alkanes) is 1. The molecule has 0 unspecified atom stereocenters. The van der Waals surface area contributed by atoms with Gasteiger partial charge in [0.25, 0.3) is 0 Å². The van der Waals surface area contributed by atoms with Crippen LogP contribution in [0, 0.1) is 5.82 Å². The molecule has 2 aromatic rings. The maximum absolute atomic E-state index is 13.1. The molecule has 2 amide bonds. The Bertz CT molecular complexity index is 949. The SMILES string of the molecule is CCCCN1C(=O)C[C@@H](C(=O)Nc2ccc(F)cc2)SC1=Nc1cc(Cl)cc(Cl)c1. The molecule has 0 aliphatic carbocycles. The molecule has 0 spiro atoms. The van der Waals surface area contributed by atoms with Crippen LogP contribution in [-0.2, 0) is 9.59 Å². The first-order valence-electron chi connectivity index (χ1n) is 9.44. The van der Waals surface area contributed by atoms with Gasteiger partial charge in [-0.15, -0.1) is 0 Å². The van der Waals surface area contributed by atoms with E-state index in [-0.39, 0.29) is 18.2 Å². The Labute approximate surface area is 188 Å². The Hall–Kier alpha value is -2.09. The molecule has 1 atom stereocenters. The van der Waals surface area contributed by atoms with Crippen LogP contribution in [0.25, 0.3) is 0 Å². The van der Waals surface area contributed by atoms with Crippen LogP contribution in [0.4, 0.5) is 15.8 Å². The molecule has 0 saturated carbocycles. The first-order chi connectivity index (χ1) is 14.4. The Kier molecular flexibility index (Phi) is 7.75. The zero-order chi connectivity index (χ0) is 21.7. The topological polar surface area (TPSA) is 61.8 Å². The zero-order valence-corrected chi connectivity index (χ0v) is 18.5. The lowest BCUT2D eigenvalue weighted by molar-refractivity contribution is -0.129. The summed E-state index contributed by atoms with van der Waals surface area (Å²) >= 11 is 13.3. The van der Waals surface area contributed by atoms with Gasteiger partial charge >= 0.3 is 0 Å². The molecular weight excluding hydrogens is 448 g/mol. The second-order valence-corrected chi connectivity index (χ2v) is 8.77. The smallest absolute Gasteiger partial charge is 0.238 e. The number of amidine groups is 1. The summed E-state index contributed by atoms with van der Waals surface area (Å²) in [6, 6.07) is 10.4. The number of halogens is 3. The quantitative estimate of drug-likeness (QED) is 0.575. The molecule has 2 aromatic carbocycles. The highest BCUT2D eigenvalue weighted by atomic mass is 35.5. The van der Waals surface area contributed by atoms with Crippen LogP contribution in [0.3, 0.4) is 0 Å². The highest BCUT2D eigenvalue weighted by Crippen LogP contribution is 2.32. The van der Waals surface area contributed by atoms with Gasteiger partial charge in [-0.25, -0.2) is 9.38 Å². The number of nitrogens with zero attached hydrogens (tertiary/aromatic N) is 2. The summed E-state index contributed by atoms with van der Waals surface area (Å²) in [7, 11) is 0. The van der Waals surface area contributed by atoms with Gasteiger partial charge in [-0.05, 0) is 48.9 Å². The molecular formula is C21H20Cl2FN3O2S. The van der Waals surface area contributed by atoms with Gasteiger partial charge in [-0.3, -0.25) is 14.5 Å². The van der Waals surface area contributed by atoms with Gasteiger partial charge in [-0.2, -0.15) is 0 Å². The molecule has 1 heterocycles. The number of amides is 2. The van der Waals surface area contributed by atoms with Crippen molar-refractivity contribution in [2.75, 3.05) is 11.9 Å². The molecule has 5 nitrogen and oxygen atoms in total. The van der Waals surface area contributed by atoms with Crippen LogP contribution in [0.2, 0.25) is 10.0 Å². The third-order valence-electron chi connectivity index (χ3n) is 4.35. The van der Waals surface area contributed by atoms with Crippen LogP contribution in [0.1, 0.15) is 26.2 Å². The van der Waals surface area contributed by atoms with Crippen molar-refractivity contribution in [3.05, 3.63) is 58.3 Å². The summed E-state index contributed by atoms with van der Waals surface area (Å²) in [5, 5.41) is 3.36. The number of rotatable bonds is 6. The number of hydrogen-bond acceptors (Lipinski definition) is 4. The van der Waals surface area contributed by atoms with E-state index < -0.39 is 11.1 Å². The molecule has 1 saturated heterocycles. The summed E-state index contributed by atoms with van der Waals surface area (Å²) in [5.74, 6) is -0.906. The Balaban J connectivity index is 1.84. The van der Waals surface area contributed by atoms with Gasteiger partial charge in [0.15, 0.2) is 5.17 Å². The second kappa shape index (κ2) is 10.3. The third kappa shape index (κ3) is 5.97. The van der Waals surface area contributed by atoms with E-state index in [1.165, 1.54) is 36.0 Å². The molecule has 158 valence electrons. The molecule has 3 rings (SSSR count). The number of benzene rings is 2. The fourth-order valence-electron chi connectivity index (χ4n) is 2.85. The lowest BCUT2D eigenvalue weighted by Crippen LogP contribution is -2.45. The first kappa shape index (κ1) is 22.6. The van der Waals surface area contributed by atoms with E-state index in [0.29, 0.717) is 33.1 Å². The van der Waals surface area contributed by atoms with Crippen molar-refractivity contribution in [1.29, 1.82) is 0 Å². The average Bonchev–Trinajstić information content (AvgIpc) is 2.68. The maximum atomic E-state index is 13.1. The highest BCUT2D eigenvalue weighted by molar-refractivity contribution is 8.15. The standard InChI is InChI=1S/C21H20Cl2FN3O2S/c1-2-3-8-27-19(28)12-18(20(29)25-16-6-4-15(24)5-7-16)30-21(27)26-17-10-13(22)9-14(23)11-17/h4-7,9-11,18H,2-3,8,12H2,1H3,(H,25,29)/t18-/m0/s1. The van der Waals surface area contributed by atoms with E-state index >= 15 is 0 Å². The minimum absolute atomic E-state index is 0.0523. The minimum Gasteiger partial charge on any atom is -0.325 e. The molecule has 1 aliphatic rings. The van der Waals surface area contributed by atoms with Crippen molar-refractivity contribution in [1.82, 2.24) is 4.90 Å². The first-order valence-corrected chi connectivity index (χ1v) is 11.1. The fourth-order valence-corrected chi connectivity index (χ4v) is 4.49. The third-order valence-corrected chi connectivity index (χ3v) is 5.98. The van der Waals surface area contributed by atoms with E-state index in [0.717, 1.165) is 12.8 Å². The number of carbonyl (C=O) groups excluding carboxylic acids is 2. The summed E-state index contributed by atoms with van der Waals surface area (Å²) in [6.45, 7) is 2.55. The molecule has 0 bridgehead atoms. The van der Waals surface area contributed by atoms with Crippen molar-refractivity contribution in [2.45, 2.75) is 31.4 Å². The van der Waals surface area contributed by atoms with Crippen LogP contribution in [-0.4, -0.2) is 33.7 Å². The molecule has 1 aliphatic heterocycles. The number of thioether (sulfide) groups is 1. The lowest BCUT2D eigenvalue weighted by atomic mass is 10.2. The van der Waals surface area contributed by atoms with Crippen molar-refractivity contribution in [2.24, 2.45) is 4.99 Å². The normalized spacial score (nSPS) is 18.0. The monoisotopic (exact) mass is 467 g/mol. The molecule has 9 heteroatoms. The molecule has 1 fully saturated rings. The lowest BCUT2D eigenvalue weighted by Gasteiger charge is -2.31. The van der Waals surface area contributed by atoms with Gasteiger partial charge in [-0.1, -0.05) is 48.3 Å². The molecule has 30 heavy (non-hydrogen) atoms. The van der Waals surface area contributed by atoms with E-state index in [9.17, 15) is 14.0 Å². The number of anilines is 1. The van der Waals surface area contributed by atoms with Crippen molar-refractivity contribution in [3.8, 4) is 0 Å². The van der Waals surface area contributed by atoms with Crippen molar-refractivity contribution in [3.63, 3.8) is 0 Å². The number of hydrogen-bond donors (Lipinski definition) is 1. The molecule has 1 N–H and O–H groups in total. The summed E-state index contributed by atoms with van der Waals surface area (Å²) in [6.07, 6.45) is 1.78. The van der Waals surface area contributed by atoms with Crippen LogP contribution < -0.4 is 5.32 Å². The average molecular weight is 468 g/mol. The van der Waals surface area contributed by atoms with Gasteiger partial charge in [0.05, 0.1) is 5.69 Å². The van der Waals surface area contributed by atoms with Crippen LogP contribution >= 0.6 is 35.0 Å². The maximum Gasteiger partial charge on any atom is 0.238 e. The summed E-state index contributed by atoms with van der Waals surface area (Å²) in [4.78, 5) is 31.7. The van der Waals surface area contributed by atoms with Gasteiger partial charge < -0.3 is 5.32 Å². The predicted molar refractivity (Wildman–Crippen MR) is 121 cm³/mol. The van der Waals surface area contributed by atoms with E-state index in [1.54, 1.807) is 23.1 Å². The van der Waals surface area contributed by atoms with Crippen molar-refractivity contribution >= 4 is 63.3 Å². The predicted octanol–water partition coefficient (Wildman–Crippen LogP) is 5.89. The molecule has 0 aromatic heterocycles. The highest BCUT2D eigenvalue weighted by Gasteiger charge is 2.35. The number of carbonyl (C=O) groups is 2. The number of nitrogens with one attached hydrogen (secondary N) is 1. The van der Waals surface area contributed by atoms with Crippen LogP contribution in [0.5, 0.6) is 0 Å². The summed E-state index contributed by atoms with van der Waals surface area (Å²) in [5.41, 5.74) is 0.965. The van der Waals surface area contributed by atoms with E-state index in [1.807, 2.05) is 6.92 Å². The Morgan fingerprint density at radius 3 is 2.53 bits per heavy atom. The molecule has 0 radical (unpaired) electrons. The van der Waals surface area contributed by atoms with Gasteiger partial charge in [0.2, 0.25) is 11.8 Å². The largest absolute Gasteiger partial charge is 0.325 e. The fraction of sp³-hybridized carbons (Fsp3) is 0.286. The van der Waals surface area contributed by atoms with Gasteiger partial charge in [0.1, 0.15) is 11.1 Å². The van der Waals surface area contributed by atoms with E-state index in [4.69, 9.17) is 23.2 Å². The van der Waals surface area contributed by atoms with Gasteiger partial charge in [0, 0.05) is 28.7 Å². The Morgan fingerprint density at radius 2 is 1.90 bits per heavy atom. The Morgan fingerprint density at radius 1 is 1.23 bits per heavy atom. The number of aliphatic imine (C=N–C) groups is 1. The van der Waals surface area contributed by atoms with Crippen LogP contribution in [0.15, 0.2) is 47.5 Å². The second-order valence-electron chi connectivity index (χ2n) is 6.73. The van der Waals surface area contributed by atoms with E-state index in [2.05, 4.69) is 10.3 Å². The zero-order valence-electron chi connectivity index (χ0n) is 16.2. The van der Waals surface area contributed by atoms with Crippen molar-refractivity contribution < 1.29 is 14.0 Å². The summed E-state index contributed by atoms with van der Waals surface area (Å²) < 4.78 is 13.1. The minimum atomic E-state index is -0.658.